The molecule has 0 radical (unpaired) electrons. The molecule has 0 aliphatic rings. The second kappa shape index (κ2) is 10.3. The van der Waals surface area contributed by atoms with Crippen LogP contribution in [0, 0.1) is 4.77 Å². The van der Waals surface area contributed by atoms with Crippen LogP contribution in [0.5, 0.6) is 17.2 Å². The fraction of sp³-hybridized carbons (Fsp3) is 0.348. The van der Waals surface area contributed by atoms with E-state index in [1.54, 1.807) is 18.8 Å². The summed E-state index contributed by atoms with van der Waals surface area (Å²) in [5, 5.41) is 10.1. The van der Waals surface area contributed by atoms with Crippen LogP contribution in [0.15, 0.2) is 42.5 Å². The minimum atomic E-state index is -0.241. The highest BCUT2D eigenvalue weighted by Gasteiger charge is 2.16. The van der Waals surface area contributed by atoms with E-state index in [1.165, 1.54) is 0 Å². The van der Waals surface area contributed by atoms with Crippen LogP contribution in [-0.2, 0) is 11.3 Å². The maximum Gasteiger partial charge on any atom is 0.240 e. The third-order valence-corrected chi connectivity index (χ3v) is 5.15. The molecule has 0 spiro atoms. The molecule has 3 aromatic rings. The number of nitrogens with one attached hydrogen (secondary N) is 2. The van der Waals surface area contributed by atoms with Crippen molar-refractivity contribution in [1.29, 1.82) is 0 Å². The molecule has 0 saturated heterocycles. The third-order valence-electron chi connectivity index (χ3n) is 4.84. The van der Waals surface area contributed by atoms with Crippen LogP contribution >= 0.6 is 12.2 Å². The lowest BCUT2D eigenvalue weighted by Gasteiger charge is -2.18. The minimum absolute atomic E-state index is 0.0337. The first kappa shape index (κ1) is 23.3. The summed E-state index contributed by atoms with van der Waals surface area (Å²) in [6.07, 6.45) is 0.0337. The number of rotatable bonds is 9. The van der Waals surface area contributed by atoms with Crippen molar-refractivity contribution in [2.75, 3.05) is 14.2 Å². The monoisotopic (exact) mass is 456 g/mol. The number of amides is 1. The lowest BCUT2D eigenvalue weighted by atomic mass is 10.1. The summed E-state index contributed by atoms with van der Waals surface area (Å²) in [5.74, 6) is 2.42. The number of hydrogen-bond donors (Lipinski definition) is 2. The highest BCUT2D eigenvalue weighted by molar-refractivity contribution is 7.71. The number of carbonyl (C=O) groups excluding carboxylic acids is 1. The van der Waals surface area contributed by atoms with Gasteiger partial charge in [-0.15, -0.1) is 0 Å². The van der Waals surface area contributed by atoms with Crippen LogP contribution in [0.4, 0.5) is 0 Å². The van der Waals surface area contributed by atoms with E-state index in [-0.39, 0.29) is 24.6 Å². The van der Waals surface area contributed by atoms with Gasteiger partial charge in [0, 0.05) is 5.56 Å². The fourth-order valence-electron chi connectivity index (χ4n) is 3.24. The highest BCUT2D eigenvalue weighted by Crippen LogP contribution is 2.31. The number of ether oxygens (including phenoxy) is 3. The number of H-pyrrole nitrogens is 1. The third kappa shape index (κ3) is 5.47. The van der Waals surface area contributed by atoms with Crippen molar-refractivity contribution in [1.82, 2.24) is 20.1 Å². The maximum atomic E-state index is 12.8. The van der Waals surface area contributed by atoms with E-state index in [2.05, 4.69) is 15.5 Å². The SMILES string of the molecule is COc1ccc(-c2n[nH]c(=S)n2CC(=O)NC(C)c2ccc(OC(C)C)c(OC)c2)cc1. The topological polar surface area (TPSA) is 90.4 Å². The fourth-order valence-corrected chi connectivity index (χ4v) is 3.44. The second-order valence-corrected chi connectivity index (χ2v) is 7.92. The Balaban J connectivity index is 1.73. The minimum Gasteiger partial charge on any atom is -0.497 e. The number of aromatic amines is 1. The standard InChI is InChI=1S/C23H28N4O4S/c1-14(2)31-19-11-8-17(12-20(19)30-5)15(3)24-21(28)13-27-22(25-26-23(27)32)16-6-9-18(29-4)10-7-16/h6-12,14-15H,13H2,1-5H3,(H,24,28)(H,26,32). The molecule has 1 aromatic heterocycles. The zero-order valence-corrected chi connectivity index (χ0v) is 19.7. The lowest BCUT2D eigenvalue weighted by molar-refractivity contribution is -0.122. The van der Waals surface area contributed by atoms with E-state index in [4.69, 9.17) is 26.4 Å². The summed E-state index contributed by atoms with van der Waals surface area (Å²) in [7, 11) is 3.20. The van der Waals surface area contributed by atoms with E-state index in [9.17, 15) is 4.79 Å². The Morgan fingerprint density at radius 1 is 1.09 bits per heavy atom. The number of benzene rings is 2. The van der Waals surface area contributed by atoms with Crippen molar-refractivity contribution in [3.63, 3.8) is 0 Å². The van der Waals surface area contributed by atoms with Gasteiger partial charge >= 0.3 is 0 Å². The Labute approximate surface area is 192 Å². The molecule has 8 nitrogen and oxygen atoms in total. The molecule has 9 heteroatoms. The molecular formula is C23H28N4O4S. The summed E-state index contributed by atoms with van der Waals surface area (Å²) >= 11 is 5.34. The summed E-state index contributed by atoms with van der Waals surface area (Å²) in [6, 6.07) is 12.8. The van der Waals surface area contributed by atoms with Crippen molar-refractivity contribution < 1.29 is 19.0 Å². The van der Waals surface area contributed by atoms with Gasteiger partial charge in [0.05, 0.1) is 26.4 Å². The predicted octanol–water partition coefficient (Wildman–Crippen LogP) is 4.29. The van der Waals surface area contributed by atoms with Gasteiger partial charge in [0.2, 0.25) is 5.91 Å². The number of carbonyl (C=O) groups is 1. The quantitative estimate of drug-likeness (QED) is 0.467. The smallest absolute Gasteiger partial charge is 0.240 e. The summed E-state index contributed by atoms with van der Waals surface area (Å²) in [6.45, 7) is 5.86. The molecule has 170 valence electrons. The average molecular weight is 457 g/mol. The van der Waals surface area contributed by atoms with Crippen LogP contribution in [0.3, 0.4) is 0 Å². The van der Waals surface area contributed by atoms with Crippen molar-refractivity contribution in [3.05, 3.63) is 52.8 Å². The average Bonchev–Trinajstić information content (AvgIpc) is 3.13. The Hall–Kier alpha value is -3.33. The Morgan fingerprint density at radius 2 is 1.81 bits per heavy atom. The second-order valence-electron chi connectivity index (χ2n) is 7.53. The van der Waals surface area contributed by atoms with E-state index in [1.807, 2.05) is 63.2 Å². The molecule has 0 saturated carbocycles. The van der Waals surface area contributed by atoms with Gasteiger partial charge in [0.1, 0.15) is 12.3 Å². The van der Waals surface area contributed by atoms with Crippen molar-refractivity contribution in [2.24, 2.45) is 0 Å². The molecule has 0 aliphatic heterocycles. The first-order valence-electron chi connectivity index (χ1n) is 10.3. The number of aromatic nitrogens is 3. The molecule has 3 rings (SSSR count). The molecule has 1 unspecified atom stereocenters. The van der Waals surface area contributed by atoms with Gasteiger partial charge < -0.3 is 19.5 Å². The van der Waals surface area contributed by atoms with Crippen LogP contribution in [0.25, 0.3) is 11.4 Å². The molecule has 2 N–H and O–H groups in total. The molecule has 1 atom stereocenters. The van der Waals surface area contributed by atoms with Crippen molar-refractivity contribution in [2.45, 2.75) is 39.5 Å². The summed E-state index contributed by atoms with van der Waals surface area (Å²) in [4.78, 5) is 12.8. The van der Waals surface area contributed by atoms with Crippen LogP contribution < -0.4 is 19.5 Å². The van der Waals surface area contributed by atoms with Crippen molar-refractivity contribution >= 4 is 18.1 Å². The number of methoxy groups -OCH3 is 2. The normalized spacial score (nSPS) is 11.8. The maximum absolute atomic E-state index is 12.8. The molecule has 2 aromatic carbocycles. The summed E-state index contributed by atoms with van der Waals surface area (Å²) in [5.41, 5.74) is 1.72. The molecule has 0 bridgehead atoms. The van der Waals surface area contributed by atoms with Gasteiger partial charge in [-0.2, -0.15) is 5.10 Å². The van der Waals surface area contributed by atoms with E-state index < -0.39 is 0 Å². The van der Waals surface area contributed by atoms with E-state index in [0.717, 1.165) is 16.9 Å². The van der Waals surface area contributed by atoms with Crippen molar-refractivity contribution in [3.8, 4) is 28.6 Å². The predicted molar refractivity (Wildman–Crippen MR) is 125 cm³/mol. The van der Waals surface area contributed by atoms with Gasteiger partial charge in [-0.3, -0.25) is 14.5 Å². The van der Waals surface area contributed by atoms with Gasteiger partial charge in [0.15, 0.2) is 22.1 Å². The first-order valence-corrected chi connectivity index (χ1v) is 10.7. The molecule has 32 heavy (non-hydrogen) atoms. The van der Waals surface area contributed by atoms with E-state index >= 15 is 0 Å². The van der Waals surface area contributed by atoms with Gasteiger partial charge in [-0.1, -0.05) is 6.07 Å². The van der Waals surface area contributed by atoms with Gasteiger partial charge in [-0.05, 0) is 75.0 Å². The lowest BCUT2D eigenvalue weighted by Crippen LogP contribution is -2.30. The highest BCUT2D eigenvalue weighted by atomic mass is 32.1. The van der Waals surface area contributed by atoms with Crippen LogP contribution in [0.2, 0.25) is 0 Å². The van der Waals surface area contributed by atoms with Crippen LogP contribution in [-0.4, -0.2) is 41.0 Å². The largest absolute Gasteiger partial charge is 0.497 e. The van der Waals surface area contributed by atoms with Gasteiger partial charge in [0.25, 0.3) is 0 Å². The number of nitrogens with zero attached hydrogens (tertiary/aromatic N) is 2. The van der Waals surface area contributed by atoms with E-state index in [0.29, 0.717) is 22.1 Å². The molecular weight excluding hydrogens is 428 g/mol. The molecule has 1 heterocycles. The molecule has 0 aliphatic carbocycles. The zero-order valence-electron chi connectivity index (χ0n) is 18.8. The van der Waals surface area contributed by atoms with Gasteiger partial charge in [-0.25, -0.2) is 0 Å². The molecule has 1 amide bonds. The molecule has 0 fully saturated rings. The van der Waals surface area contributed by atoms with Crippen LogP contribution in [0.1, 0.15) is 32.4 Å². The first-order chi connectivity index (χ1) is 15.3. The Bertz CT molecular complexity index is 1120. The zero-order chi connectivity index (χ0) is 23.3. The number of hydrogen-bond acceptors (Lipinski definition) is 6. The summed E-state index contributed by atoms with van der Waals surface area (Å²) < 4.78 is 18.4. The Morgan fingerprint density at radius 3 is 2.44 bits per heavy atom. The Kier molecular flexibility index (Phi) is 7.53.